The summed E-state index contributed by atoms with van der Waals surface area (Å²) in [6.45, 7) is 2.14. The number of pyridine rings is 1. The first kappa shape index (κ1) is 20.3. The van der Waals surface area contributed by atoms with Gasteiger partial charge in [-0.05, 0) is 37.0 Å². The van der Waals surface area contributed by atoms with E-state index in [0.717, 1.165) is 30.6 Å². The number of aromatic nitrogens is 3. The van der Waals surface area contributed by atoms with E-state index in [1.807, 2.05) is 23.4 Å². The molecular formula is C21H24ClN5O3. The number of nitrogens with zero attached hydrogens (tertiary/aromatic N) is 4. The van der Waals surface area contributed by atoms with Crippen LogP contribution in [0.25, 0.3) is 11.2 Å². The molecular weight excluding hydrogens is 406 g/mol. The van der Waals surface area contributed by atoms with Crippen molar-refractivity contribution >= 4 is 34.5 Å². The highest BCUT2D eigenvalue weighted by Gasteiger charge is 2.25. The monoisotopic (exact) mass is 429 g/mol. The third-order valence-corrected chi connectivity index (χ3v) is 5.65. The highest BCUT2D eigenvalue weighted by atomic mass is 35.5. The van der Waals surface area contributed by atoms with Gasteiger partial charge in [0.1, 0.15) is 17.0 Å². The number of nitrogens with one attached hydrogen (secondary N) is 1. The highest BCUT2D eigenvalue weighted by molar-refractivity contribution is 6.32. The van der Waals surface area contributed by atoms with Crippen LogP contribution in [-0.2, 0) is 6.54 Å². The summed E-state index contributed by atoms with van der Waals surface area (Å²) in [6, 6.07) is 6.96. The number of carbonyl (C=O) groups excluding carboxylic acids is 1. The molecule has 2 aromatic heterocycles. The van der Waals surface area contributed by atoms with Crippen LogP contribution in [0, 0.1) is 5.92 Å². The van der Waals surface area contributed by atoms with Crippen molar-refractivity contribution in [3.05, 3.63) is 41.8 Å². The molecule has 0 saturated carbocycles. The van der Waals surface area contributed by atoms with Crippen LogP contribution in [0.5, 0.6) is 11.5 Å². The van der Waals surface area contributed by atoms with Crippen molar-refractivity contribution < 1.29 is 14.3 Å². The van der Waals surface area contributed by atoms with Gasteiger partial charge in [-0.2, -0.15) is 0 Å². The Morgan fingerprint density at radius 3 is 2.90 bits per heavy atom. The Balaban J connectivity index is 1.44. The van der Waals surface area contributed by atoms with Crippen LogP contribution in [0.15, 0.2) is 36.8 Å². The maximum Gasteiger partial charge on any atom is 0.321 e. The van der Waals surface area contributed by atoms with Crippen molar-refractivity contribution in [1.29, 1.82) is 0 Å². The van der Waals surface area contributed by atoms with Gasteiger partial charge in [0.15, 0.2) is 5.65 Å². The molecule has 158 valence electrons. The lowest BCUT2D eigenvalue weighted by Crippen LogP contribution is -2.43. The lowest BCUT2D eigenvalue weighted by molar-refractivity contribution is 0.171. The van der Waals surface area contributed by atoms with Crippen molar-refractivity contribution in [3.63, 3.8) is 0 Å². The summed E-state index contributed by atoms with van der Waals surface area (Å²) >= 11 is 6.22. The quantitative estimate of drug-likeness (QED) is 0.661. The number of likely N-dealkylation sites (tertiary alicyclic amines) is 1. The standard InChI is InChI=1S/C21H24ClN5O3/c1-29-18-10-19(30-2)17(9-15(18)22)25-21(28)26-8-4-5-14(11-26)12-27-13-24-16-6-3-7-23-20(16)27/h3,6-7,9-10,13-14H,4-5,8,11-12H2,1-2H3,(H,25,28). The van der Waals surface area contributed by atoms with Crippen molar-refractivity contribution in [3.8, 4) is 11.5 Å². The predicted octanol–water partition coefficient (Wildman–Crippen LogP) is 4.05. The Bertz CT molecular complexity index is 1050. The van der Waals surface area contributed by atoms with Crippen molar-refractivity contribution in [2.45, 2.75) is 19.4 Å². The van der Waals surface area contributed by atoms with Gasteiger partial charge in [-0.15, -0.1) is 0 Å². The number of anilines is 1. The molecule has 1 fully saturated rings. The third-order valence-electron chi connectivity index (χ3n) is 5.35. The van der Waals surface area contributed by atoms with Gasteiger partial charge in [0.05, 0.1) is 31.3 Å². The van der Waals surface area contributed by atoms with Gasteiger partial charge < -0.3 is 24.3 Å². The number of hydrogen-bond donors (Lipinski definition) is 1. The number of ether oxygens (including phenoxy) is 2. The zero-order chi connectivity index (χ0) is 21.1. The normalized spacial score (nSPS) is 16.5. The van der Waals surface area contributed by atoms with Gasteiger partial charge in [0, 0.05) is 31.9 Å². The Morgan fingerprint density at radius 1 is 1.27 bits per heavy atom. The molecule has 1 aliphatic heterocycles. The fraction of sp³-hybridized carbons (Fsp3) is 0.381. The number of rotatable bonds is 5. The van der Waals surface area contributed by atoms with Gasteiger partial charge >= 0.3 is 6.03 Å². The Kier molecular flexibility index (Phi) is 5.94. The molecule has 1 aromatic carbocycles. The van der Waals surface area contributed by atoms with Crippen LogP contribution in [0.1, 0.15) is 12.8 Å². The van der Waals surface area contributed by atoms with E-state index in [2.05, 4.69) is 19.9 Å². The van der Waals surface area contributed by atoms with E-state index in [0.29, 0.717) is 41.2 Å². The number of fused-ring (bicyclic) bond motifs is 1. The van der Waals surface area contributed by atoms with Crippen molar-refractivity contribution in [2.75, 3.05) is 32.6 Å². The number of urea groups is 1. The lowest BCUT2D eigenvalue weighted by atomic mass is 9.98. The van der Waals surface area contributed by atoms with E-state index >= 15 is 0 Å². The molecule has 1 aliphatic rings. The largest absolute Gasteiger partial charge is 0.495 e. The molecule has 1 N–H and O–H groups in total. The van der Waals surface area contributed by atoms with Gasteiger partial charge in [-0.25, -0.2) is 14.8 Å². The number of amides is 2. The fourth-order valence-corrected chi connectivity index (χ4v) is 4.10. The molecule has 3 aromatic rings. The average molecular weight is 430 g/mol. The first-order valence-electron chi connectivity index (χ1n) is 9.82. The Labute approximate surface area is 179 Å². The molecule has 1 unspecified atom stereocenters. The van der Waals surface area contributed by atoms with Crippen LogP contribution in [0.4, 0.5) is 10.5 Å². The zero-order valence-electron chi connectivity index (χ0n) is 17.0. The maximum absolute atomic E-state index is 12.9. The maximum atomic E-state index is 12.9. The zero-order valence-corrected chi connectivity index (χ0v) is 17.7. The van der Waals surface area contributed by atoms with Crippen LogP contribution in [-0.4, -0.2) is 52.8 Å². The van der Waals surface area contributed by atoms with Gasteiger partial charge in [0.25, 0.3) is 0 Å². The molecule has 1 saturated heterocycles. The molecule has 0 aliphatic carbocycles. The van der Waals surface area contributed by atoms with E-state index in [4.69, 9.17) is 21.1 Å². The molecule has 0 radical (unpaired) electrons. The van der Waals surface area contributed by atoms with E-state index in [1.165, 1.54) is 7.11 Å². The lowest BCUT2D eigenvalue weighted by Gasteiger charge is -2.33. The second-order valence-electron chi connectivity index (χ2n) is 7.31. The van der Waals surface area contributed by atoms with Crippen LogP contribution in [0.2, 0.25) is 5.02 Å². The van der Waals surface area contributed by atoms with E-state index in [1.54, 1.807) is 25.4 Å². The number of hydrogen-bond acceptors (Lipinski definition) is 5. The molecule has 8 nitrogen and oxygen atoms in total. The van der Waals surface area contributed by atoms with Crippen LogP contribution >= 0.6 is 11.6 Å². The molecule has 9 heteroatoms. The first-order valence-corrected chi connectivity index (χ1v) is 10.2. The van der Waals surface area contributed by atoms with Crippen molar-refractivity contribution in [2.24, 2.45) is 5.92 Å². The van der Waals surface area contributed by atoms with Gasteiger partial charge in [-0.3, -0.25) is 0 Å². The average Bonchev–Trinajstić information content (AvgIpc) is 3.17. The van der Waals surface area contributed by atoms with Gasteiger partial charge in [-0.1, -0.05) is 11.6 Å². The second-order valence-corrected chi connectivity index (χ2v) is 7.72. The molecule has 4 rings (SSSR count). The number of methoxy groups -OCH3 is 2. The number of piperidine rings is 1. The van der Waals surface area contributed by atoms with Crippen LogP contribution < -0.4 is 14.8 Å². The summed E-state index contributed by atoms with van der Waals surface area (Å²) in [7, 11) is 3.07. The molecule has 2 amide bonds. The molecule has 0 spiro atoms. The number of carbonyl (C=O) groups is 1. The highest BCUT2D eigenvalue weighted by Crippen LogP contribution is 2.36. The molecule has 3 heterocycles. The van der Waals surface area contributed by atoms with Gasteiger partial charge in [0.2, 0.25) is 0 Å². The summed E-state index contributed by atoms with van der Waals surface area (Å²) in [4.78, 5) is 23.6. The summed E-state index contributed by atoms with van der Waals surface area (Å²) in [5, 5.41) is 3.33. The van der Waals surface area contributed by atoms with Crippen LogP contribution in [0.3, 0.4) is 0 Å². The number of imidazole rings is 1. The van der Waals surface area contributed by atoms with E-state index in [-0.39, 0.29) is 6.03 Å². The molecule has 30 heavy (non-hydrogen) atoms. The fourth-order valence-electron chi connectivity index (χ4n) is 3.86. The number of halogens is 1. The van der Waals surface area contributed by atoms with E-state index < -0.39 is 0 Å². The predicted molar refractivity (Wildman–Crippen MR) is 115 cm³/mol. The summed E-state index contributed by atoms with van der Waals surface area (Å²) < 4.78 is 12.6. The summed E-state index contributed by atoms with van der Waals surface area (Å²) in [5.41, 5.74) is 2.27. The number of benzene rings is 1. The topological polar surface area (TPSA) is 81.5 Å². The minimum Gasteiger partial charge on any atom is -0.495 e. The summed E-state index contributed by atoms with van der Waals surface area (Å²) in [6.07, 6.45) is 5.59. The Hall–Kier alpha value is -3.00. The minimum absolute atomic E-state index is 0.173. The smallest absolute Gasteiger partial charge is 0.321 e. The SMILES string of the molecule is COc1cc(OC)c(NC(=O)N2CCCC(Cn3cnc4cccnc43)C2)cc1Cl. The van der Waals surface area contributed by atoms with Crippen molar-refractivity contribution in [1.82, 2.24) is 19.4 Å². The molecule has 1 atom stereocenters. The second kappa shape index (κ2) is 8.79. The molecule has 0 bridgehead atoms. The third kappa shape index (κ3) is 4.14. The van der Waals surface area contributed by atoms with E-state index in [9.17, 15) is 4.79 Å². The first-order chi connectivity index (χ1) is 14.6. The minimum atomic E-state index is -0.173. The summed E-state index contributed by atoms with van der Waals surface area (Å²) in [5.74, 6) is 1.31. The Morgan fingerprint density at radius 2 is 2.10 bits per heavy atom.